The Hall–Kier alpha value is -2.65. The number of amides is 1. The zero-order valence-corrected chi connectivity index (χ0v) is 14.5. The van der Waals surface area contributed by atoms with Crippen molar-refractivity contribution in [3.8, 4) is 6.07 Å². The van der Waals surface area contributed by atoms with Gasteiger partial charge >= 0.3 is 0 Å². The third kappa shape index (κ3) is 4.25. The number of likely N-dealkylation sites (tertiary alicyclic amines) is 1. The zero-order valence-electron chi connectivity index (χ0n) is 14.5. The largest absolute Gasteiger partial charge is 0.350 e. The first kappa shape index (κ1) is 17.2. The molecule has 0 aliphatic carbocycles. The molecule has 2 aromatic rings. The van der Waals surface area contributed by atoms with Gasteiger partial charge in [0.1, 0.15) is 5.69 Å². The van der Waals surface area contributed by atoms with E-state index in [4.69, 9.17) is 0 Å². The van der Waals surface area contributed by atoms with E-state index in [1.807, 2.05) is 37.4 Å². The third-order valence-corrected chi connectivity index (χ3v) is 4.65. The van der Waals surface area contributed by atoms with Crippen LogP contribution in [0.4, 0.5) is 0 Å². The molecule has 1 amide bonds. The fraction of sp³-hybridized carbons (Fsp3) is 0.421. The molecule has 2 heterocycles. The number of nitriles is 1. The average molecular weight is 337 g/mol. The first-order valence-corrected chi connectivity index (χ1v) is 8.71. The van der Waals surface area contributed by atoms with E-state index >= 15 is 0 Å². The first-order chi connectivity index (χ1) is 12.2. The van der Waals surface area contributed by atoms with E-state index in [0.29, 0.717) is 18.2 Å². The number of nitrogens with one attached hydrogen (secondary N) is 1. The minimum Gasteiger partial charge on any atom is -0.350 e. The molecule has 1 aromatic heterocycles. The summed E-state index contributed by atoms with van der Waals surface area (Å²) in [6.07, 6.45) is 2.87. The molecule has 0 spiro atoms. The number of aryl methyl sites for hydroxylation is 1. The summed E-state index contributed by atoms with van der Waals surface area (Å²) in [5.41, 5.74) is 2.28. The molecule has 1 aliphatic heterocycles. The molecule has 1 atom stereocenters. The van der Waals surface area contributed by atoms with Gasteiger partial charge in [0, 0.05) is 32.4 Å². The zero-order chi connectivity index (χ0) is 17.6. The second-order valence-electron chi connectivity index (χ2n) is 6.43. The number of hydrogen-bond donors (Lipinski definition) is 1. The lowest BCUT2D eigenvalue weighted by Crippen LogP contribution is -2.31. The Labute approximate surface area is 148 Å². The van der Waals surface area contributed by atoms with Crippen molar-refractivity contribution in [2.24, 2.45) is 5.92 Å². The van der Waals surface area contributed by atoms with E-state index in [1.54, 1.807) is 10.7 Å². The van der Waals surface area contributed by atoms with Crippen molar-refractivity contribution in [1.82, 2.24) is 20.0 Å². The van der Waals surface area contributed by atoms with Crippen molar-refractivity contribution in [1.29, 1.82) is 5.26 Å². The van der Waals surface area contributed by atoms with Crippen LogP contribution in [0.1, 0.15) is 35.0 Å². The molecule has 130 valence electrons. The first-order valence-electron chi connectivity index (χ1n) is 8.71. The summed E-state index contributed by atoms with van der Waals surface area (Å²) >= 11 is 0. The molecule has 0 bridgehead atoms. The van der Waals surface area contributed by atoms with Crippen LogP contribution in [0.25, 0.3) is 0 Å². The highest BCUT2D eigenvalue weighted by Crippen LogP contribution is 2.19. The second-order valence-corrected chi connectivity index (χ2v) is 6.43. The smallest absolute Gasteiger partial charge is 0.271 e. The maximum absolute atomic E-state index is 12.2. The lowest BCUT2D eigenvalue weighted by molar-refractivity contribution is 0.0941. The molecule has 1 aliphatic rings. The molecular formula is C19H23N5O. The maximum atomic E-state index is 12.2. The number of rotatable bonds is 6. The van der Waals surface area contributed by atoms with Crippen molar-refractivity contribution in [2.75, 3.05) is 19.6 Å². The Bertz CT molecular complexity index is 776. The van der Waals surface area contributed by atoms with E-state index in [-0.39, 0.29) is 5.91 Å². The van der Waals surface area contributed by atoms with Gasteiger partial charge in [0.25, 0.3) is 5.91 Å². The summed E-state index contributed by atoms with van der Waals surface area (Å²) in [5, 5.41) is 16.4. The molecular weight excluding hydrogens is 314 g/mol. The van der Waals surface area contributed by atoms with Crippen LogP contribution >= 0.6 is 0 Å². The molecule has 1 fully saturated rings. The van der Waals surface area contributed by atoms with Crippen LogP contribution in [0.3, 0.4) is 0 Å². The highest BCUT2D eigenvalue weighted by atomic mass is 16.1. The molecule has 25 heavy (non-hydrogen) atoms. The van der Waals surface area contributed by atoms with Gasteiger partial charge in [0.15, 0.2) is 0 Å². The Balaban J connectivity index is 1.48. The Morgan fingerprint density at radius 2 is 2.24 bits per heavy atom. The molecule has 1 saturated heterocycles. The second kappa shape index (κ2) is 7.95. The minimum absolute atomic E-state index is 0.111. The van der Waals surface area contributed by atoms with Gasteiger partial charge in [-0.25, -0.2) is 0 Å². The monoisotopic (exact) mass is 337 g/mol. The van der Waals surface area contributed by atoms with Gasteiger partial charge in [-0.15, -0.1) is 0 Å². The Morgan fingerprint density at radius 3 is 3.00 bits per heavy atom. The molecule has 1 N–H and O–H groups in total. The van der Waals surface area contributed by atoms with Crippen molar-refractivity contribution >= 4 is 5.91 Å². The maximum Gasteiger partial charge on any atom is 0.271 e. The molecule has 6 heteroatoms. The lowest BCUT2D eigenvalue weighted by Gasteiger charge is -2.17. The van der Waals surface area contributed by atoms with E-state index in [1.165, 1.54) is 0 Å². The van der Waals surface area contributed by atoms with Gasteiger partial charge < -0.3 is 5.32 Å². The molecule has 1 aromatic carbocycles. The number of hydrogen-bond acceptors (Lipinski definition) is 4. The fourth-order valence-electron chi connectivity index (χ4n) is 3.22. The standard InChI is InChI=1S/C19H23N5O/c1-2-24-10-8-18(22-24)19(25)21-12-15-7-9-23(13-15)14-17-6-4-3-5-16(17)11-20/h3-6,8,10,15H,2,7,9,12-14H2,1H3,(H,21,25). The van der Waals surface area contributed by atoms with Gasteiger partial charge in [-0.3, -0.25) is 14.4 Å². The molecule has 1 unspecified atom stereocenters. The Kier molecular flexibility index (Phi) is 5.46. The number of benzene rings is 1. The van der Waals surface area contributed by atoms with Crippen molar-refractivity contribution < 1.29 is 4.79 Å². The van der Waals surface area contributed by atoms with E-state index in [0.717, 1.165) is 43.7 Å². The summed E-state index contributed by atoms with van der Waals surface area (Å²) in [6, 6.07) is 11.7. The van der Waals surface area contributed by atoms with E-state index < -0.39 is 0 Å². The summed E-state index contributed by atoms with van der Waals surface area (Å²) in [5.74, 6) is 0.326. The van der Waals surface area contributed by atoms with Crippen LogP contribution in [0, 0.1) is 17.2 Å². The fourth-order valence-corrected chi connectivity index (χ4v) is 3.22. The van der Waals surface area contributed by atoms with Crippen molar-refractivity contribution in [3.05, 3.63) is 53.3 Å². The van der Waals surface area contributed by atoms with Crippen LogP contribution in [-0.4, -0.2) is 40.2 Å². The minimum atomic E-state index is -0.111. The molecule has 0 radical (unpaired) electrons. The van der Waals surface area contributed by atoms with E-state index in [9.17, 15) is 10.1 Å². The van der Waals surface area contributed by atoms with Crippen LogP contribution in [0.15, 0.2) is 36.5 Å². The SMILES string of the molecule is CCn1ccc(C(=O)NCC2CCN(Cc3ccccc3C#N)C2)n1. The predicted octanol–water partition coefficient (Wildman–Crippen LogP) is 2.03. The number of carbonyl (C=O) groups excluding carboxylic acids is 1. The topological polar surface area (TPSA) is 74.0 Å². The van der Waals surface area contributed by atoms with Crippen LogP contribution in [0.5, 0.6) is 0 Å². The van der Waals surface area contributed by atoms with Gasteiger partial charge in [0.05, 0.1) is 11.6 Å². The number of aromatic nitrogens is 2. The molecule has 6 nitrogen and oxygen atoms in total. The summed E-state index contributed by atoms with van der Waals surface area (Å²) < 4.78 is 1.75. The number of nitrogens with zero attached hydrogens (tertiary/aromatic N) is 4. The van der Waals surface area contributed by atoms with E-state index in [2.05, 4.69) is 21.4 Å². The summed E-state index contributed by atoms with van der Waals surface area (Å²) in [7, 11) is 0. The molecule has 3 rings (SSSR count). The van der Waals surface area contributed by atoms with Gasteiger partial charge in [-0.05, 0) is 43.5 Å². The molecule has 0 saturated carbocycles. The quantitative estimate of drug-likeness (QED) is 0.875. The van der Waals surface area contributed by atoms with Gasteiger partial charge in [-0.2, -0.15) is 10.4 Å². The predicted molar refractivity (Wildman–Crippen MR) is 94.8 cm³/mol. The lowest BCUT2D eigenvalue weighted by atomic mass is 10.1. The Morgan fingerprint density at radius 1 is 1.40 bits per heavy atom. The average Bonchev–Trinajstić information content (AvgIpc) is 3.29. The van der Waals surface area contributed by atoms with Crippen LogP contribution in [0.2, 0.25) is 0 Å². The van der Waals surface area contributed by atoms with Crippen molar-refractivity contribution in [2.45, 2.75) is 26.4 Å². The highest BCUT2D eigenvalue weighted by Gasteiger charge is 2.23. The van der Waals surface area contributed by atoms with Crippen LogP contribution in [-0.2, 0) is 13.1 Å². The summed E-state index contributed by atoms with van der Waals surface area (Å²) in [6.45, 7) is 6.12. The highest BCUT2D eigenvalue weighted by molar-refractivity contribution is 5.92. The normalized spacial score (nSPS) is 17.4. The van der Waals surface area contributed by atoms with Crippen LogP contribution < -0.4 is 5.32 Å². The van der Waals surface area contributed by atoms with Crippen molar-refractivity contribution in [3.63, 3.8) is 0 Å². The third-order valence-electron chi connectivity index (χ3n) is 4.65. The number of carbonyl (C=O) groups is 1. The summed E-state index contributed by atoms with van der Waals surface area (Å²) in [4.78, 5) is 14.5. The van der Waals surface area contributed by atoms with Gasteiger partial charge in [0.2, 0.25) is 0 Å². The van der Waals surface area contributed by atoms with Gasteiger partial charge in [-0.1, -0.05) is 18.2 Å².